The number of Topliss-reactive ketones (excluding diaryl/α,β-unsaturated/α-hetero) is 1. The van der Waals surface area contributed by atoms with Gasteiger partial charge < -0.3 is 0 Å². The van der Waals surface area contributed by atoms with Crippen LogP contribution >= 0.6 is 15.9 Å². The van der Waals surface area contributed by atoms with E-state index in [-0.39, 0.29) is 5.41 Å². The van der Waals surface area contributed by atoms with Gasteiger partial charge in [0.1, 0.15) is 0 Å². The molecule has 96 valence electrons. The van der Waals surface area contributed by atoms with Gasteiger partial charge in [0.05, 0.1) is 0 Å². The predicted molar refractivity (Wildman–Crippen MR) is 79.4 cm³/mol. The van der Waals surface area contributed by atoms with Gasteiger partial charge in [-0.2, -0.15) is 0 Å². The summed E-state index contributed by atoms with van der Waals surface area (Å²) < 4.78 is 0. The van der Waals surface area contributed by atoms with E-state index >= 15 is 0 Å². The Balaban J connectivity index is 2.39. The fourth-order valence-electron chi connectivity index (χ4n) is 2.79. The van der Waals surface area contributed by atoms with E-state index in [0.717, 1.165) is 43.0 Å². The molecule has 0 N–H and O–H groups in total. The lowest BCUT2D eigenvalue weighted by Gasteiger charge is -2.29. The first kappa shape index (κ1) is 13.5. The Hall–Kier alpha value is -0.890. The molecule has 1 aromatic rings. The van der Waals surface area contributed by atoms with Crippen molar-refractivity contribution in [3.05, 3.63) is 48.0 Å². The molecule has 18 heavy (non-hydrogen) atoms. The van der Waals surface area contributed by atoms with Crippen LogP contribution in [0.25, 0.3) is 0 Å². The van der Waals surface area contributed by atoms with Crippen molar-refractivity contribution >= 4 is 21.7 Å². The second-order valence-electron chi connectivity index (χ2n) is 5.08. The molecule has 0 bridgehead atoms. The highest BCUT2D eigenvalue weighted by atomic mass is 79.9. The highest BCUT2D eigenvalue weighted by Crippen LogP contribution is 2.39. The van der Waals surface area contributed by atoms with E-state index in [1.165, 1.54) is 5.56 Å². The number of fused-ring (bicyclic) bond motifs is 1. The Morgan fingerprint density at radius 2 is 2.17 bits per heavy atom. The van der Waals surface area contributed by atoms with Crippen LogP contribution < -0.4 is 0 Å². The van der Waals surface area contributed by atoms with Gasteiger partial charge in [0.25, 0.3) is 0 Å². The highest BCUT2D eigenvalue weighted by molar-refractivity contribution is 9.09. The lowest BCUT2D eigenvalue weighted by Crippen LogP contribution is -2.32. The minimum atomic E-state index is -0.235. The van der Waals surface area contributed by atoms with E-state index in [1.807, 2.05) is 24.3 Å². The second kappa shape index (κ2) is 5.83. The van der Waals surface area contributed by atoms with E-state index in [0.29, 0.717) is 5.78 Å². The number of carbonyl (C=O) groups excluding carboxylic acids is 1. The van der Waals surface area contributed by atoms with Crippen LogP contribution in [0.2, 0.25) is 0 Å². The molecule has 0 fully saturated rings. The molecule has 0 aromatic heterocycles. The molecule has 0 saturated carbocycles. The summed E-state index contributed by atoms with van der Waals surface area (Å²) in [5.41, 5.74) is 1.91. The highest BCUT2D eigenvalue weighted by Gasteiger charge is 2.39. The molecular formula is C16H19BrO. The van der Waals surface area contributed by atoms with Crippen LogP contribution in [0.4, 0.5) is 0 Å². The molecule has 0 spiro atoms. The van der Waals surface area contributed by atoms with Gasteiger partial charge in [0.2, 0.25) is 0 Å². The van der Waals surface area contributed by atoms with Crippen LogP contribution in [0.5, 0.6) is 0 Å². The van der Waals surface area contributed by atoms with Crippen molar-refractivity contribution in [2.75, 3.05) is 5.33 Å². The number of carbonyl (C=O) groups is 1. The molecule has 1 aliphatic rings. The minimum absolute atomic E-state index is 0.235. The van der Waals surface area contributed by atoms with Gasteiger partial charge in [-0.3, -0.25) is 4.79 Å². The normalized spacial score (nSPS) is 23.3. The van der Waals surface area contributed by atoms with Crippen molar-refractivity contribution in [3.63, 3.8) is 0 Å². The topological polar surface area (TPSA) is 17.1 Å². The van der Waals surface area contributed by atoms with Crippen LogP contribution in [0.1, 0.15) is 41.6 Å². The van der Waals surface area contributed by atoms with Gasteiger partial charge in [-0.1, -0.05) is 46.3 Å². The molecule has 0 radical (unpaired) electrons. The Morgan fingerprint density at radius 3 is 2.89 bits per heavy atom. The van der Waals surface area contributed by atoms with Crippen molar-refractivity contribution in [3.8, 4) is 0 Å². The summed E-state index contributed by atoms with van der Waals surface area (Å²) in [6, 6.07) is 8.06. The predicted octanol–water partition coefficient (Wildman–Crippen LogP) is 4.55. The fourth-order valence-corrected chi connectivity index (χ4v) is 3.60. The summed E-state index contributed by atoms with van der Waals surface area (Å²) in [6.45, 7) is 3.78. The molecule has 2 rings (SSSR count). The zero-order valence-electron chi connectivity index (χ0n) is 10.6. The zero-order chi connectivity index (χ0) is 13.0. The van der Waals surface area contributed by atoms with Gasteiger partial charge in [0.15, 0.2) is 5.78 Å². The third-order valence-electron chi connectivity index (χ3n) is 3.93. The van der Waals surface area contributed by atoms with E-state index in [1.54, 1.807) is 0 Å². The Bertz CT molecular complexity index is 452. The summed E-state index contributed by atoms with van der Waals surface area (Å²) >= 11 is 3.57. The van der Waals surface area contributed by atoms with Crippen molar-refractivity contribution in [1.82, 2.24) is 0 Å². The number of benzene rings is 1. The molecule has 2 heteroatoms. The first-order chi connectivity index (χ1) is 8.73. The van der Waals surface area contributed by atoms with Crippen LogP contribution in [-0.4, -0.2) is 11.1 Å². The maximum absolute atomic E-state index is 12.8. The number of hydrogen-bond acceptors (Lipinski definition) is 1. The SMILES string of the molecule is C=CCCC1(CBr)CCCc2ccccc2C1=O. The molecule has 1 unspecified atom stereocenters. The zero-order valence-corrected chi connectivity index (χ0v) is 12.2. The maximum Gasteiger partial charge on any atom is 0.170 e. The lowest BCUT2D eigenvalue weighted by atomic mass is 9.76. The van der Waals surface area contributed by atoms with E-state index in [9.17, 15) is 4.79 Å². The minimum Gasteiger partial charge on any atom is -0.294 e. The lowest BCUT2D eigenvalue weighted by molar-refractivity contribution is 0.0802. The Morgan fingerprint density at radius 1 is 1.39 bits per heavy atom. The monoisotopic (exact) mass is 306 g/mol. The first-order valence-corrected chi connectivity index (χ1v) is 7.65. The number of aryl methyl sites for hydroxylation is 1. The second-order valence-corrected chi connectivity index (χ2v) is 5.64. The van der Waals surface area contributed by atoms with E-state index < -0.39 is 0 Å². The number of ketones is 1. The number of allylic oxidation sites excluding steroid dienone is 1. The van der Waals surface area contributed by atoms with E-state index in [2.05, 4.69) is 28.6 Å². The Labute approximate surface area is 117 Å². The molecule has 0 heterocycles. The summed E-state index contributed by atoms with van der Waals surface area (Å²) in [6.07, 6.45) is 6.79. The number of halogens is 1. The number of rotatable bonds is 4. The third kappa shape index (κ3) is 2.44. The molecule has 1 nitrogen and oxygen atoms in total. The van der Waals surface area contributed by atoms with Crippen molar-refractivity contribution in [2.24, 2.45) is 5.41 Å². The smallest absolute Gasteiger partial charge is 0.170 e. The number of alkyl halides is 1. The molecule has 0 aliphatic heterocycles. The third-order valence-corrected chi connectivity index (χ3v) is 5.00. The van der Waals surface area contributed by atoms with Gasteiger partial charge >= 0.3 is 0 Å². The van der Waals surface area contributed by atoms with E-state index in [4.69, 9.17) is 0 Å². The maximum atomic E-state index is 12.8. The van der Waals surface area contributed by atoms with Gasteiger partial charge in [0, 0.05) is 16.3 Å². The summed E-state index contributed by atoms with van der Waals surface area (Å²) in [5, 5.41) is 0.751. The molecule has 1 aliphatic carbocycles. The fraction of sp³-hybridized carbons (Fsp3) is 0.438. The van der Waals surface area contributed by atoms with Crippen LogP contribution in [0.3, 0.4) is 0 Å². The van der Waals surface area contributed by atoms with Crippen molar-refractivity contribution in [2.45, 2.75) is 32.1 Å². The average Bonchev–Trinajstić information content (AvgIpc) is 2.55. The molecular weight excluding hydrogens is 288 g/mol. The standard InChI is InChI=1S/C16H19BrO/c1-2-3-10-16(12-17)11-6-8-13-7-4-5-9-14(13)15(16)18/h2,4-5,7,9H,1,3,6,8,10-12H2. The van der Waals surface area contributed by atoms with Gasteiger partial charge in [-0.05, 0) is 37.7 Å². The van der Waals surface area contributed by atoms with Crippen LogP contribution in [-0.2, 0) is 6.42 Å². The molecule has 0 amide bonds. The Kier molecular flexibility index (Phi) is 4.39. The largest absolute Gasteiger partial charge is 0.294 e. The first-order valence-electron chi connectivity index (χ1n) is 6.53. The average molecular weight is 307 g/mol. The molecule has 0 saturated heterocycles. The molecule has 1 aromatic carbocycles. The van der Waals surface area contributed by atoms with Gasteiger partial charge in [-0.25, -0.2) is 0 Å². The van der Waals surface area contributed by atoms with Crippen molar-refractivity contribution in [1.29, 1.82) is 0 Å². The van der Waals surface area contributed by atoms with Crippen molar-refractivity contribution < 1.29 is 4.79 Å². The summed E-state index contributed by atoms with van der Waals surface area (Å²) in [5.74, 6) is 0.314. The molecule has 1 atom stereocenters. The summed E-state index contributed by atoms with van der Waals surface area (Å²) in [7, 11) is 0. The quantitative estimate of drug-likeness (QED) is 0.453. The summed E-state index contributed by atoms with van der Waals surface area (Å²) in [4.78, 5) is 12.8. The van der Waals surface area contributed by atoms with Gasteiger partial charge in [-0.15, -0.1) is 6.58 Å². The van der Waals surface area contributed by atoms with Crippen LogP contribution in [0.15, 0.2) is 36.9 Å². The number of hydrogen-bond donors (Lipinski definition) is 0. The van der Waals surface area contributed by atoms with Crippen LogP contribution in [0, 0.1) is 5.41 Å².